The summed E-state index contributed by atoms with van der Waals surface area (Å²) in [6.45, 7) is 8.94. The van der Waals surface area contributed by atoms with Gasteiger partial charge in [0.05, 0.1) is 19.9 Å². The molecule has 0 N–H and O–H groups in total. The summed E-state index contributed by atoms with van der Waals surface area (Å²) in [4.78, 5) is 3.43. The van der Waals surface area contributed by atoms with E-state index in [1.54, 1.807) is 19.4 Å². The quantitative estimate of drug-likeness (QED) is 0.494. The molecular formula is C11H11NO. The van der Waals surface area contributed by atoms with Crippen LogP contribution in [-0.4, -0.2) is 7.11 Å². The minimum atomic E-state index is 0.660. The first-order valence-corrected chi connectivity index (χ1v) is 3.95. The molecule has 0 heterocycles. The van der Waals surface area contributed by atoms with Gasteiger partial charge in [-0.3, -0.25) is 0 Å². The van der Waals surface area contributed by atoms with E-state index in [2.05, 4.69) is 4.85 Å². The van der Waals surface area contributed by atoms with Gasteiger partial charge in [-0.15, -0.1) is 0 Å². The van der Waals surface area contributed by atoms with Gasteiger partial charge in [0, 0.05) is 0 Å². The van der Waals surface area contributed by atoms with E-state index in [9.17, 15) is 0 Å². The highest BCUT2D eigenvalue weighted by molar-refractivity contribution is 5.67. The van der Waals surface area contributed by atoms with Gasteiger partial charge in [0.2, 0.25) is 0 Å². The molecule has 0 atom stereocenters. The highest BCUT2D eigenvalue weighted by Gasteiger charge is 1.97. The lowest BCUT2D eigenvalue weighted by Crippen LogP contribution is -1.76. The minimum Gasteiger partial charge on any atom is -0.504 e. The fourth-order valence-corrected chi connectivity index (χ4v) is 1.03. The molecular weight excluding hydrogens is 162 g/mol. The highest BCUT2D eigenvalue weighted by Crippen LogP contribution is 2.21. The van der Waals surface area contributed by atoms with Crippen molar-refractivity contribution in [3.05, 3.63) is 47.0 Å². The van der Waals surface area contributed by atoms with Gasteiger partial charge in [-0.1, -0.05) is 23.8 Å². The third kappa shape index (κ3) is 2.34. The Labute approximate surface area is 78.3 Å². The lowest BCUT2D eigenvalue weighted by atomic mass is 10.1. The van der Waals surface area contributed by atoms with E-state index in [-0.39, 0.29) is 0 Å². The van der Waals surface area contributed by atoms with Crippen LogP contribution in [0.2, 0.25) is 0 Å². The van der Waals surface area contributed by atoms with Gasteiger partial charge in [0.25, 0.3) is 0 Å². The Morgan fingerprint density at radius 3 is 2.85 bits per heavy atom. The van der Waals surface area contributed by atoms with Gasteiger partial charge in [-0.25, -0.2) is 4.85 Å². The van der Waals surface area contributed by atoms with Gasteiger partial charge in [-0.05, 0) is 18.6 Å². The van der Waals surface area contributed by atoms with Crippen molar-refractivity contribution in [1.29, 1.82) is 0 Å². The second-order valence-corrected chi connectivity index (χ2v) is 2.71. The number of nitrogens with zero attached hydrogens (tertiary/aromatic N) is 1. The number of hydrogen-bond acceptors (Lipinski definition) is 1. The molecule has 0 spiro atoms. The maximum Gasteiger partial charge on any atom is 0.194 e. The van der Waals surface area contributed by atoms with Crippen LogP contribution in [0.4, 0.5) is 5.69 Å². The topological polar surface area (TPSA) is 13.6 Å². The average molecular weight is 173 g/mol. The van der Waals surface area contributed by atoms with Crippen LogP contribution in [-0.2, 0) is 4.74 Å². The van der Waals surface area contributed by atoms with Crippen LogP contribution in [0.15, 0.2) is 24.5 Å². The van der Waals surface area contributed by atoms with E-state index in [0.29, 0.717) is 5.69 Å². The Morgan fingerprint density at radius 1 is 1.46 bits per heavy atom. The zero-order valence-corrected chi connectivity index (χ0v) is 7.74. The zero-order valence-electron chi connectivity index (χ0n) is 7.74. The van der Waals surface area contributed by atoms with Crippen LogP contribution >= 0.6 is 0 Å². The minimum absolute atomic E-state index is 0.660. The number of benzene rings is 1. The molecule has 1 aromatic rings. The summed E-state index contributed by atoms with van der Waals surface area (Å²) in [6.07, 6.45) is 3.35. The van der Waals surface area contributed by atoms with E-state index >= 15 is 0 Å². The van der Waals surface area contributed by atoms with Crippen LogP contribution in [0, 0.1) is 13.5 Å². The van der Waals surface area contributed by atoms with E-state index in [1.165, 1.54) is 0 Å². The normalized spacial score (nSPS) is 9.92. The Bertz CT molecular complexity index is 361. The lowest BCUT2D eigenvalue weighted by Gasteiger charge is -1.98. The molecule has 2 nitrogen and oxygen atoms in total. The van der Waals surface area contributed by atoms with Crippen LogP contribution in [0.25, 0.3) is 10.9 Å². The summed E-state index contributed by atoms with van der Waals surface area (Å²) in [5, 5.41) is 0. The summed E-state index contributed by atoms with van der Waals surface area (Å²) in [6, 6.07) is 5.75. The molecule has 0 aliphatic heterocycles. The number of aryl methyl sites for hydroxylation is 1. The Hall–Kier alpha value is -1.75. The fourth-order valence-electron chi connectivity index (χ4n) is 1.03. The van der Waals surface area contributed by atoms with Gasteiger partial charge in [0.15, 0.2) is 5.69 Å². The molecule has 0 saturated heterocycles. The van der Waals surface area contributed by atoms with E-state index in [4.69, 9.17) is 11.3 Å². The van der Waals surface area contributed by atoms with Crippen molar-refractivity contribution in [3.8, 4) is 0 Å². The Morgan fingerprint density at radius 2 is 2.23 bits per heavy atom. The fraction of sp³-hybridized carbons (Fsp3) is 0.182. The molecule has 0 radical (unpaired) electrons. The van der Waals surface area contributed by atoms with Gasteiger partial charge in [-0.2, -0.15) is 0 Å². The maximum absolute atomic E-state index is 6.97. The number of hydrogen-bond donors (Lipinski definition) is 0. The van der Waals surface area contributed by atoms with Gasteiger partial charge in [0.1, 0.15) is 0 Å². The molecule has 0 aliphatic rings. The third-order valence-corrected chi connectivity index (χ3v) is 1.69. The molecule has 0 aromatic heterocycles. The van der Waals surface area contributed by atoms with Crippen molar-refractivity contribution in [2.45, 2.75) is 6.92 Å². The third-order valence-electron chi connectivity index (χ3n) is 1.69. The van der Waals surface area contributed by atoms with Crippen molar-refractivity contribution in [1.82, 2.24) is 0 Å². The summed E-state index contributed by atoms with van der Waals surface area (Å²) in [5.41, 5.74) is 2.65. The molecule has 13 heavy (non-hydrogen) atoms. The van der Waals surface area contributed by atoms with E-state index < -0.39 is 0 Å². The Balaban J connectivity index is 3.08. The molecule has 66 valence electrons. The van der Waals surface area contributed by atoms with Crippen molar-refractivity contribution < 1.29 is 4.74 Å². The second-order valence-electron chi connectivity index (χ2n) is 2.71. The molecule has 0 aliphatic carbocycles. The molecule has 0 amide bonds. The number of methoxy groups -OCH3 is 1. The number of ether oxygens (including phenoxy) is 1. The highest BCUT2D eigenvalue weighted by atomic mass is 16.5. The largest absolute Gasteiger partial charge is 0.504 e. The zero-order chi connectivity index (χ0) is 9.68. The first-order valence-electron chi connectivity index (χ1n) is 3.95. The monoisotopic (exact) mass is 173 g/mol. The molecule has 0 fully saturated rings. The maximum atomic E-state index is 6.97. The predicted octanol–water partition coefficient (Wildman–Crippen LogP) is 3.16. The molecule has 1 aromatic carbocycles. The summed E-state index contributed by atoms with van der Waals surface area (Å²) >= 11 is 0. The molecule has 0 unspecified atom stereocenters. The average Bonchev–Trinajstić information content (AvgIpc) is 2.16. The summed E-state index contributed by atoms with van der Waals surface area (Å²) in [7, 11) is 1.59. The van der Waals surface area contributed by atoms with E-state index in [0.717, 1.165) is 11.1 Å². The first kappa shape index (κ1) is 9.34. The van der Waals surface area contributed by atoms with Crippen LogP contribution < -0.4 is 0 Å². The van der Waals surface area contributed by atoms with Crippen molar-refractivity contribution >= 4 is 11.8 Å². The first-order chi connectivity index (χ1) is 6.27. The molecule has 2 heteroatoms. The van der Waals surface area contributed by atoms with E-state index in [1.807, 2.05) is 25.1 Å². The van der Waals surface area contributed by atoms with Crippen molar-refractivity contribution in [3.63, 3.8) is 0 Å². The van der Waals surface area contributed by atoms with Crippen LogP contribution in [0.3, 0.4) is 0 Å². The predicted molar refractivity (Wildman–Crippen MR) is 53.5 cm³/mol. The molecule has 0 bridgehead atoms. The second kappa shape index (κ2) is 4.32. The van der Waals surface area contributed by atoms with Crippen LogP contribution in [0.1, 0.15) is 11.1 Å². The number of rotatable bonds is 2. The van der Waals surface area contributed by atoms with Gasteiger partial charge < -0.3 is 4.74 Å². The van der Waals surface area contributed by atoms with Crippen molar-refractivity contribution in [2.24, 2.45) is 0 Å². The van der Waals surface area contributed by atoms with Gasteiger partial charge >= 0.3 is 0 Å². The molecule has 0 saturated carbocycles. The SMILES string of the molecule is [C-]#[N+]c1cc(C)ccc1C=COC. The summed E-state index contributed by atoms with van der Waals surface area (Å²) < 4.78 is 4.79. The lowest BCUT2D eigenvalue weighted by molar-refractivity contribution is 0.341. The van der Waals surface area contributed by atoms with Crippen molar-refractivity contribution in [2.75, 3.05) is 7.11 Å². The smallest absolute Gasteiger partial charge is 0.194 e. The summed E-state index contributed by atoms with van der Waals surface area (Å²) in [5.74, 6) is 0. The molecule has 1 rings (SSSR count). The standard InChI is InChI=1S/C11H11NO/c1-9-4-5-10(6-7-13-3)11(8-9)12-2/h4-8H,1,3H3. The Kier molecular flexibility index (Phi) is 3.10. The van der Waals surface area contributed by atoms with Crippen LogP contribution in [0.5, 0.6) is 0 Å².